The number of hydrogen-bond donors (Lipinski definition) is 0. The molecular weight excluding hydrogens is 264 g/mol. The summed E-state index contributed by atoms with van der Waals surface area (Å²) in [6.07, 6.45) is 13.4. The van der Waals surface area contributed by atoms with Gasteiger partial charge in [0.15, 0.2) is 0 Å². The molecule has 0 atom stereocenters. The van der Waals surface area contributed by atoms with Gasteiger partial charge in [-0.05, 0) is 71.6 Å². The highest BCUT2D eigenvalue weighted by atomic mass is 14.2. The summed E-state index contributed by atoms with van der Waals surface area (Å²) in [6, 6.07) is 11.8. The van der Waals surface area contributed by atoms with Crippen molar-refractivity contribution in [1.29, 1.82) is 0 Å². The van der Waals surface area contributed by atoms with Crippen LogP contribution >= 0.6 is 0 Å². The fraction of sp³-hybridized carbons (Fsp3) is 0.364. The van der Waals surface area contributed by atoms with Crippen molar-refractivity contribution in [2.45, 2.75) is 51.9 Å². The van der Waals surface area contributed by atoms with Crippen LogP contribution in [0.25, 0.3) is 16.3 Å². The third-order valence-corrected chi connectivity index (χ3v) is 5.26. The van der Waals surface area contributed by atoms with Crippen molar-refractivity contribution in [3.8, 4) is 0 Å². The molecule has 4 rings (SSSR count). The van der Waals surface area contributed by atoms with Crippen LogP contribution in [0.15, 0.2) is 48.1 Å². The molecule has 0 heterocycles. The van der Waals surface area contributed by atoms with Crippen LogP contribution in [0.2, 0.25) is 0 Å². The third kappa shape index (κ3) is 2.31. The largest absolute Gasteiger partial charge is 0.0836 e. The van der Waals surface area contributed by atoms with Crippen molar-refractivity contribution in [3.63, 3.8) is 0 Å². The maximum Gasteiger partial charge on any atom is -0.0143 e. The maximum absolute atomic E-state index is 2.46. The van der Waals surface area contributed by atoms with Gasteiger partial charge >= 0.3 is 0 Å². The Kier molecular flexibility index (Phi) is 3.62. The van der Waals surface area contributed by atoms with E-state index in [0.717, 1.165) is 0 Å². The van der Waals surface area contributed by atoms with E-state index in [2.05, 4.69) is 49.4 Å². The fourth-order valence-corrected chi connectivity index (χ4v) is 4.01. The Morgan fingerprint density at radius 2 is 1.91 bits per heavy atom. The Bertz CT molecular complexity index is 774. The molecule has 0 heteroatoms. The van der Waals surface area contributed by atoms with Crippen LogP contribution in [0, 0.1) is 0 Å². The van der Waals surface area contributed by atoms with E-state index in [1.54, 1.807) is 11.1 Å². The van der Waals surface area contributed by atoms with Gasteiger partial charge < -0.3 is 0 Å². The lowest BCUT2D eigenvalue weighted by molar-refractivity contribution is 0.795. The molecule has 0 radical (unpaired) electrons. The fourth-order valence-electron chi connectivity index (χ4n) is 4.01. The van der Waals surface area contributed by atoms with Gasteiger partial charge in [0.25, 0.3) is 0 Å². The lowest BCUT2D eigenvalue weighted by atomic mass is 9.79. The van der Waals surface area contributed by atoms with E-state index in [9.17, 15) is 0 Å². The molecule has 0 saturated heterocycles. The first-order chi connectivity index (χ1) is 10.9. The van der Waals surface area contributed by atoms with E-state index in [1.807, 2.05) is 0 Å². The molecule has 0 bridgehead atoms. The van der Waals surface area contributed by atoms with Crippen LogP contribution in [0.5, 0.6) is 0 Å². The summed E-state index contributed by atoms with van der Waals surface area (Å²) in [5, 5.41) is 2.90. The quantitative estimate of drug-likeness (QED) is 0.627. The number of hydrogen-bond acceptors (Lipinski definition) is 0. The zero-order valence-corrected chi connectivity index (χ0v) is 13.5. The standard InChI is InChI=1S/C22H24/c1-2-3-6-16-9-10-18-12-13-20-19-8-5-4-7-17(19)11-14-21(20)22(18)15-16/h5,8-10,12-13,15H,2-4,6-7,11,14H2,1H3. The summed E-state index contributed by atoms with van der Waals surface area (Å²) >= 11 is 0. The second kappa shape index (κ2) is 5.76. The van der Waals surface area contributed by atoms with Gasteiger partial charge in [0.05, 0.1) is 0 Å². The van der Waals surface area contributed by atoms with Crippen molar-refractivity contribution < 1.29 is 0 Å². The highest BCUT2D eigenvalue weighted by Gasteiger charge is 2.20. The predicted molar refractivity (Wildman–Crippen MR) is 96.2 cm³/mol. The van der Waals surface area contributed by atoms with Crippen LogP contribution < -0.4 is 0 Å². The smallest absolute Gasteiger partial charge is 0.0143 e. The normalized spacial score (nSPS) is 16.8. The first-order valence-corrected chi connectivity index (χ1v) is 8.80. The van der Waals surface area contributed by atoms with E-state index in [4.69, 9.17) is 0 Å². The molecule has 2 aliphatic carbocycles. The van der Waals surface area contributed by atoms with Crippen molar-refractivity contribution in [2.75, 3.05) is 0 Å². The van der Waals surface area contributed by atoms with Crippen molar-refractivity contribution in [1.82, 2.24) is 0 Å². The summed E-state index contributed by atoms with van der Waals surface area (Å²) in [4.78, 5) is 0. The average Bonchev–Trinajstić information content (AvgIpc) is 2.59. The van der Waals surface area contributed by atoms with Gasteiger partial charge in [-0.1, -0.05) is 61.4 Å². The molecule has 2 aliphatic rings. The average molecular weight is 288 g/mol. The molecule has 2 aromatic carbocycles. The molecule has 0 spiro atoms. The summed E-state index contributed by atoms with van der Waals surface area (Å²) in [6.45, 7) is 2.27. The predicted octanol–water partition coefficient (Wildman–Crippen LogP) is 6.23. The van der Waals surface area contributed by atoms with Crippen LogP contribution in [-0.4, -0.2) is 0 Å². The van der Waals surface area contributed by atoms with Gasteiger partial charge in [0.1, 0.15) is 0 Å². The first-order valence-electron chi connectivity index (χ1n) is 8.80. The van der Waals surface area contributed by atoms with Gasteiger partial charge in [-0.15, -0.1) is 0 Å². The molecule has 0 aromatic heterocycles. The molecule has 0 fully saturated rings. The summed E-state index contributed by atoms with van der Waals surface area (Å²) in [7, 11) is 0. The Balaban J connectivity index is 1.85. The molecular formula is C22H24. The summed E-state index contributed by atoms with van der Waals surface area (Å²) in [5.41, 5.74) is 7.78. The zero-order valence-electron chi connectivity index (χ0n) is 13.5. The number of benzene rings is 2. The summed E-state index contributed by atoms with van der Waals surface area (Å²) < 4.78 is 0. The third-order valence-electron chi connectivity index (χ3n) is 5.26. The van der Waals surface area contributed by atoms with Crippen molar-refractivity contribution in [2.24, 2.45) is 0 Å². The van der Waals surface area contributed by atoms with Gasteiger partial charge in [0.2, 0.25) is 0 Å². The van der Waals surface area contributed by atoms with Crippen LogP contribution in [0.3, 0.4) is 0 Å². The molecule has 112 valence electrons. The monoisotopic (exact) mass is 288 g/mol. The lowest BCUT2D eigenvalue weighted by Gasteiger charge is -2.25. The molecule has 0 unspecified atom stereocenters. The van der Waals surface area contributed by atoms with Crippen molar-refractivity contribution in [3.05, 3.63) is 64.7 Å². The second-order valence-corrected chi connectivity index (χ2v) is 6.71. The van der Waals surface area contributed by atoms with Gasteiger partial charge in [0, 0.05) is 0 Å². The van der Waals surface area contributed by atoms with Crippen molar-refractivity contribution >= 4 is 16.3 Å². The number of aryl methyl sites for hydroxylation is 2. The van der Waals surface area contributed by atoms with E-state index in [1.165, 1.54) is 72.4 Å². The van der Waals surface area contributed by atoms with Gasteiger partial charge in [-0.2, -0.15) is 0 Å². The minimum atomic E-state index is 1.21. The second-order valence-electron chi connectivity index (χ2n) is 6.71. The van der Waals surface area contributed by atoms with Crippen LogP contribution in [-0.2, 0) is 12.8 Å². The Hall–Kier alpha value is -1.82. The molecule has 0 aliphatic heterocycles. The molecule has 0 saturated carbocycles. The van der Waals surface area contributed by atoms with Gasteiger partial charge in [-0.25, -0.2) is 0 Å². The Labute approximate surface area is 133 Å². The SMILES string of the molecule is CCCCc1ccc2ccc3c(c2c1)CCC1=C3C=CCC1. The number of allylic oxidation sites excluding steroid dienone is 4. The van der Waals surface area contributed by atoms with Crippen LogP contribution in [0.4, 0.5) is 0 Å². The topological polar surface area (TPSA) is 0 Å². The summed E-state index contributed by atoms with van der Waals surface area (Å²) in [5.74, 6) is 0. The van der Waals surface area contributed by atoms with E-state index in [-0.39, 0.29) is 0 Å². The first kappa shape index (κ1) is 13.8. The molecule has 0 amide bonds. The maximum atomic E-state index is 2.46. The molecule has 2 aromatic rings. The van der Waals surface area contributed by atoms with E-state index >= 15 is 0 Å². The van der Waals surface area contributed by atoms with E-state index in [0.29, 0.717) is 0 Å². The van der Waals surface area contributed by atoms with Gasteiger partial charge in [-0.3, -0.25) is 0 Å². The highest BCUT2D eigenvalue weighted by Crippen LogP contribution is 2.40. The minimum Gasteiger partial charge on any atom is -0.0836 e. The number of unbranched alkanes of at least 4 members (excludes halogenated alkanes) is 1. The Morgan fingerprint density at radius 1 is 1.00 bits per heavy atom. The molecule has 22 heavy (non-hydrogen) atoms. The Morgan fingerprint density at radius 3 is 2.82 bits per heavy atom. The number of rotatable bonds is 3. The molecule has 0 N–H and O–H groups in total. The van der Waals surface area contributed by atoms with Crippen LogP contribution in [0.1, 0.15) is 55.7 Å². The van der Waals surface area contributed by atoms with E-state index < -0.39 is 0 Å². The lowest BCUT2D eigenvalue weighted by Crippen LogP contribution is -2.07. The number of fused-ring (bicyclic) bond motifs is 4. The minimum absolute atomic E-state index is 1.21. The molecule has 0 nitrogen and oxygen atoms in total. The highest BCUT2D eigenvalue weighted by molar-refractivity contribution is 5.94. The zero-order chi connectivity index (χ0) is 14.9.